The summed E-state index contributed by atoms with van der Waals surface area (Å²) in [6.07, 6.45) is 15.6. The van der Waals surface area contributed by atoms with Gasteiger partial charge in [0.05, 0.1) is 12.2 Å². The minimum absolute atomic E-state index is 0.436. The molecule has 0 aromatic rings. The van der Waals surface area contributed by atoms with Crippen LogP contribution in [0.4, 0.5) is 0 Å². The molecular weight excluding hydrogens is 336 g/mol. The van der Waals surface area contributed by atoms with Crippen LogP contribution in [-0.2, 0) is 14.2 Å². The maximum atomic E-state index is 6.20. The second-order valence-electron chi connectivity index (χ2n) is 9.13. The van der Waals surface area contributed by atoms with E-state index in [4.69, 9.17) is 14.2 Å². The van der Waals surface area contributed by atoms with E-state index in [1.807, 2.05) is 0 Å². The average molecular weight is 383 g/mol. The van der Waals surface area contributed by atoms with Crippen LogP contribution in [0.2, 0.25) is 0 Å². The van der Waals surface area contributed by atoms with Crippen LogP contribution < -0.4 is 0 Å². The van der Waals surface area contributed by atoms with Crippen LogP contribution in [0, 0.1) is 17.8 Å². The number of hydrogen-bond acceptors (Lipinski definition) is 3. The molecule has 1 aliphatic carbocycles. The first-order valence-corrected chi connectivity index (χ1v) is 12.0. The Morgan fingerprint density at radius 1 is 0.926 bits per heavy atom. The van der Waals surface area contributed by atoms with Gasteiger partial charge in [0.2, 0.25) is 0 Å². The summed E-state index contributed by atoms with van der Waals surface area (Å²) in [6.45, 7) is 12.6. The van der Waals surface area contributed by atoms with Crippen molar-refractivity contribution < 1.29 is 14.2 Å². The maximum Gasteiger partial charge on any atom is 0.168 e. The van der Waals surface area contributed by atoms with Gasteiger partial charge in [0.25, 0.3) is 0 Å². The Morgan fingerprint density at radius 3 is 2.22 bits per heavy atom. The Kier molecular flexibility index (Phi) is 10.1. The van der Waals surface area contributed by atoms with Crippen LogP contribution in [0.15, 0.2) is 0 Å². The highest BCUT2D eigenvalue weighted by molar-refractivity contribution is 4.93. The molecule has 1 saturated carbocycles. The van der Waals surface area contributed by atoms with Crippen molar-refractivity contribution in [2.24, 2.45) is 17.8 Å². The fourth-order valence-electron chi connectivity index (χ4n) is 5.21. The average Bonchev–Trinajstić information content (AvgIpc) is 3.42. The first-order valence-electron chi connectivity index (χ1n) is 12.0. The fourth-order valence-corrected chi connectivity index (χ4v) is 5.21. The number of ether oxygens (including phenoxy) is 3. The summed E-state index contributed by atoms with van der Waals surface area (Å²) >= 11 is 0. The molecule has 1 aliphatic heterocycles. The first kappa shape index (κ1) is 23.2. The highest BCUT2D eigenvalue weighted by atomic mass is 16.7. The lowest BCUT2D eigenvalue weighted by molar-refractivity contribution is -0.256. The molecule has 160 valence electrons. The largest absolute Gasteiger partial charge is 0.370 e. The maximum absolute atomic E-state index is 6.20. The van der Waals surface area contributed by atoms with Crippen molar-refractivity contribution in [3.63, 3.8) is 0 Å². The Bertz CT molecular complexity index is 391. The molecule has 0 radical (unpaired) electrons. The van der Waals surface area contributed by atoms with Gasteiger partial charge < -0.3 is 14.2 Å². The zero-order valence-corrected chi connectivity index (χ0v) is 18.8. The van der Waals surface area contributed by atoms with E-state index in [1.165, 1.54) is 70.6 Å². The van der Waals surface area contributed by atoms with Crippen LogP contribution in [0.1, 0.15) is 105 Å². The number of hydrogen-bond donors (Lipinski definition) is 0. The van der Waals surface area contributed by atoms with Gasteiger partial charge in [-0.1, -0.05) is 52.4 Å². The smallest absolute Gasteiger partial charge is 0.168 e. The molecule has 5 atom stereocenters. The number of fused-ring (bicyclic) bond motifs is 1. The van der Waals surface area contributed by atoms with Crippen LogP contribution in [0.5, 0.6) is 0 Å². The van der Waals surface area contributed by atoms with E-state index in [-0.39, 0.29) is 0 Å². The van der Waals surface area contributed by atoms with Crippen molar-refractivity contribution in [1.82, 2.24) is 0 Å². The minimum Gasteiger partial charge on any atom is -0.370 e. The van der Waals surface area contributed by atoms with Crippen molar-refractivity contribution in [2.75, 3.05) is 13.2 Å². The summed E-state index contributed by atoms with van der Waals surface area (Å²) < 4.78 is 18.2. The van der Waals surface area contributed by atoms with Gasteiger partial charge in [0.1, 0.15) is 0 Å². The van der Waals surface area contributed by atoms with Crippen molar-refractivity contribution in [3.8, 4) is 0 Å². The quantitative estimate of drug-likeness (QED) is 0.179. The molecule has 0 N–H and O–H groups in total. The Hall–Kier alpha value is -0.120. The monoisotopic (exact) mass is 382 g/mol. The number of epoxide rings is 1. The Labute approximate surface area is 168 Å². The van der Waals surface area contributed by atoms with Gasteiger partial charge in [-0.3, -0.25) is 0 Å². The van der Waals surface area contributed by atoms with Crippen LogP contribution in [0.3, 0.4) is 0 Å². The first-order chi connectivity index (χ1) is 13.0. The normalized spacial score (nSPS) is 27.2. The molecule has 0 spiro atoms. The van der Waals surface area contributed by atoms with Crippen molar-refractivity contribution >= 4 is 0 Å². The molecule has 3 nitrogen and oxygen atoms in total. The minimum atomic E-state index is -0.436. The summed E-state index contributed by atoms with van der Waals surface area (Å²) in [5.74, 6) is 1.58. The molecular formula is C24H46O3. The molecule has 1 heterocycles. The molecule has 5 unspecified atom stereocenters. The lowest BCUT2D eigenvalue weighted by Crippen LogP contribution is -2.42. The van der Waals surface area contributed by atoms with E-state index < -0.39 is 5.79 Å². The summed E-state index contributed by atoms with van der Waals surface area (Å²) in [5, 5.41) is 0. The second-order valence-corrected chi connectivity index (χ2v) is 9.13. The SMILES string of the molecule is CCCCCCCCC(CC(C)C1CCC2OC2C1)C(C)(OCC)OCC. The number of unbranched alkanes of at least 4 members (excludes halogenated alkanes) is 5. The van der Waals surface area contributed by atoms with Crippen LogP contribution in [0.25, 0.3) is 0 Å². The molecule has 27 heavy (non-hydrogen) atoms. The van der Waals surface area contributed by atoms with E-state index >= 15 is 0 Å². The molecule has 3 heteroatoms. The Morgan fingerprint density at radius 2 is 1.59 bits per heavy atom. The molecule has 0 bridgehead atoms. The van der Waals surface area contributed by atoms with Gasteiger partial charge in [-0.2, -0.15) is 0 Å². The third-order valence-corrected chi connectivity index (χ3v) is 7.02. The molecule has 2 aliphatic rings. The second kappa shape index (κ2) is 11.8. The highest BCUT2D eigenvalue weighted by Crippen LogP contribution is 2.45. The third kappa shape index (κ3) is 7.33. The van der Waals surface area contributed by atoms with Gasteiger partial charge in [-0.15, -0.1) is 0 Å². The molecule has 0 aromatic heterocycles. The molecule has 0 aromatic carbocycles. The number of rotatable bonds is 15. The molecule has 0 amide bonds. The summed E-state index contributed by atoms with van der Waals surface area (Å²) in [6, 6.07) is 0. The van der Waals surface area contributed by atoms with Gasteiger partial charge in [-0.25, -0.2) is 0 Å². The molecule has 1 saturated heterocycles. The summed E-state index contributed by atoms with van der Waals surface area (Å²) in [5.41, 5.74) is 0. The molecule has 2 fully saturated rings. The van der Waals surface area contributed by atoms with Crippen molar-refractivity contribution in [3.05, 3.63) is 0 Å². The van der Waals surface area contributed by atoms with E-state index in [0.717, 1.165) is 25.0 Å². The lowest BCUT2D eigenvalue weighted by atomic mass is 9.75. The van der Waals surface area contributed by atoms with Gasteiger partial charge in [0.15, 0.2) is 5.79 Å². The van der Waals surface area contributed by atoms with E-state index in [0.29, 0.717) is 18.1 Å². The van der Waals surface area contributed by atoms with Gasteiger partial charge >= 0.3 is 0 Å². The lowest BCUT2D eigenvalue weighted by Gasteiger charge is -2.40. The fraction of sp³-hybridized carbons (Fsp3) is 1.00. The van der Waals surface area contributed by atoms with Gasteiger partial charge in [-0.05, 0) is 64.7 Å². The summed E-state index contributed by atoms with van der Waals surface area (Å²) in [4.78, 5) is 0. The van der Waals surface area contributed by atoms with E-state index in [2.05, 4.69) is 34.6 Å². The van der Waals surface area contributed by atoms with Crippen molar-refractivity contribution in [1.29, 1.82) is 0 Å². The predicted molar refractivity (Wildman–Crippen MR) is 113 cm³/mol. The van der Waals surface area contributed by atoms with E-state index in [1.54, 1.807) is 0 Å². The molecule has 2 rings (SSSR count). The Balaban J connectivity index is 1.90. The zero-order valence-electron chi connectivity index (χ0n) is 18.8. The van der Waals surface area contributed by atoms with Crippen LogP contribution in [-0.4, -0.2) is 31.2 Å². The predicted octanol–water partition coefficient (Wildman–Crippen LogP) is 6.74. The van der Waals surface area contributed by atoms with Gasteiger partial charge in [0, 0.05) is 19.1 Å². The van der Waals surface area contributed by atoms with E-state index in [9.17, 15) is 0 Å². The topological polar surface area (TPSA) is 31.0 Å². The van der Waals surface area contributed by atoms with Crippen molar-refractivity contribution in [2.45, 2.75) is 123 Å². The zero-order chi connectivity index (χ0) is 19.7. The summed E-state index contributed by atoms with van der Waals surface area (Å²) in [7, 11) is 0. The highest BCUT2D eigenvalue weighted by Gasteiger charge is 2.46. The van der Waals surface area contributed by atoms with Crippen LogP contribution >= 0.6 is 0 Å². The third-order valence-electron chi connectivity index (χ3n) is 7.02. The standard InChI is InChI=1S/C24H46O3/c1-6-9-10-11-12-13-14-21(24(5,25-7-2)26-8-3)17-19(4)20-15-16-22-23(18-20)27-22/h19-23H,6-18H2,1-5H3.